The van der Waals surface area contributed by atoms with Gasteiger partial charge in [-0.3, -0.25) is 0 Å². The van der Waals surface area contributed by atoms with Crippen LogP contribution in [0, 0.1) is 6.92 Å². The fraction of sp³-hybridized carbons (Fsp3) is 0.300. The second-order valence-electron chi connectivity index (χ2n) is 3.25. The molecule has 0 atom stereocenters. The summed E-state index contributed by atoms with van der Waals surface area (Å²) in [7, 11) is 0. The molecule has 0 aromatic heterocycles. The quantitative estimate of drug-likeness (QED) is 0.589. The smallest absolute Gasteiger partial charge is 0 e. The minimum atomic E-state index is 0. The average Bonchev–Trinajstić information content (AvgIpc) is 1.88. The molecule has 0 saturated carbocycles. The molecule has 0 heterocycles. The van der Waals surface area contributed by atoms with Crippen LogP contribution >= 0.6 is 0 Å². The Hall–Kier alpha value is -0.196. The zero-order chi connectivity index (χ0) is 7.61. The van der Waals surface area contributed by atoms with Gasteiger partial charge >= 0.3 is 0 Å². The van der Waals surface area contributed by atoms with Crippen LogP contribution in [0.5, 0.6) is 0 Å². The third-order valence-corrected chi connectivity index (χ3v) is 1.56. The molecule has 0 unspecified atom stereocenters. The molecule has 1 rings (SSSR count). The molecule has 1 radical (unpaired) electrons. The molecular weight excluding hydrogens is 171 g/mol. The molecular formula is C10H13V-. The van der Waals surface area contributed by atoms with Crippen LogP contribution in [-0.2, 0) is 24.0 Å². The second kappa shape index (κ2) is 3.99. The van der Waals surface area contributed by atoms with Crippen molar-refractivity contribution in [3.05, 3.63) is 42.8 Å². The molecule has 0 fully saturated rings. The van der Waals surface area contributed by atoms with Gasteiger partial charge in [0.05, 0.1) is 0 Å². The normalized spacial score (nSPS) is 10.5. The van der Waals surface area contributed by atoms with Crippen LogP contribution < -0.4 is 0 Å². The minimum Gasteiger partial charge on any atom is -0.333 e. The maximum absolute atomic E-state index is 4.04. The summed E-state index contributed by atoms with van der Waals surface area (Å²) in [5.41, 5.74) is 1.33. The van der Waals surface area contributed by atoms with Gasteiger partial charge in [-0.15, -0.1) is 5.41 Å². The summed E-state index contributed by atoms with van der Waals surface area (Å²) in [4.78, 5) is 0. The Morgan fingerprint density at radius 3 is 1.82 bits per heavy atom. The van der Waals surface area contributed by atoms with E-state index in [1.807, 2.05) is 18.2 Å². The molecule has 0 bridgehead atoms. The second-order valence-corrected chi connectivity index (χ2v) is 3.25. The predicted octanol–water partition coefficient (Wildman–Crippen LogP) is 2.80. The van der Waals surface area contributed by atoms with Gasteiger partial charge in [-0.2, -0.15) is 0 Å². The fourth-order valence-electron chi connectivity index (χ4n) is 0.889. The van der Waals surface area contributed by atoms with Gasteiger partial charge in [-0.1, -0.05) is 49.7 Å². The Kier molecular flexibility index (Phi) is 3.92. The Bertz CT molecular complexity index is 196. The minimum absolute atomic E-state index is 0. The van der Waals surface area contributed by atoms with Crippen molar-refractivity contribution in [2.24, 2.45) is 0 Å². The van der Waals surface area contributed by atoms with E-state index in [4.69, 9.17) is 0 Å². The SMILES string of the molecule is [CH2-]C(C)(C)c1ccccc1.[V]. The largest absolute Gasteiger partial charge is 0.333 e. The van der Waals surface area contributed by atoms with Gasteiger partial charge in [-0.05, 0) is 0 Å². The molecule has 0 aliphatic heterocycles. The standard InChI is InChI=1S/C10H13.V/c1-10(2,3)9-7-5-4-6-8-9;/h4-8H,1H2,2-3H3;/q-1;. The van der Waals surface area contributed by atoms with Crippen molar-refractivity contribution in [1.82, 2.24) is 0 Å². The van der Waals surface area contributed by atoms with Crippen LogP contribution in [0.2, 0.25) is 0 Å². The van der Waals surface area contributed by atoms with E-state index in [2.05, 4.69) is 32.9 Å². The van der Waals surface area contributed by atoms with E-state index in [1.54, 1.807) is 0 Å². The summed E-state index contributed by atoms with van der Waals surface area (Å²) >= 11 is 0. The molecule has 1 aromatic rings. The first-order chi connectivity index (χ1) is 4.61. The zero-order valence-electron chi connectivity index (χ0n) is 7.04. The first kappa shape index (κ1) is 10.8. The van der Waals surface area contributed by atoms with Crippen LogP contribution in [0.1, 0.15) is 19.4 Å². The third-order valence-electron chi connectivity index (χ3n) is 1.56. The van der Waals surface area contributed by atoms with Gasteiger partial charge in [0.25, 0.3) is 0 Å². The number of hydrogen-bond acceptors (Lipinski definition) is 0. The Balaban J connectivity index is 0.000001000. The van der Waals surface area contributed by atoms with Crippen molar-refractivity contribution in [1.29, 1.82) is 0 Å². The van der Waals surface area contributed by atoms with Crippen molar-refractivity contribution in [2.45, 2.75) is 19.3 Å². The van der Waals surface area contributed by atoms with Gasteiger partial charge in [0, 0.05) is 18.6 Å². The average molecular weight is 184 g/mol. The Morgan fingerprint density at radius 2 is 1.55 bits per heavy atom. The van der Waals surface area contributed by atoms with Crippen molar-refractivity contribution in [3.8, 4) is 0 Å². The molecule has 0 aliphatic carbocycles. The van der Waals surface area contributed by atoms with Gasteiger partial charge in [0.15, 0.2) is 0 Å². The Labute approximate surface area is 80.9 Å². The van der Waals surface area contributed by atoms with Crippen LogP contribution in [0.3, 0.4) is 0 Å². The summed E-state index contributed by atoms with van der Waals surface area (Å²) < 4.78 is 0. The van der Waals surface area contributed by atoms with E-state index in [0.717, 1.165) is 0 Å². The molecule has 0 amide bonds. The number of rotatable bonds is 1. The summed E-state index contributed by atoms with van der Waals surface area (Å²) in [6.45, 7) is 8.27. The van der Waals surface area contributed by atoms with E-state index >= 15 is 0 Å². The first-order valence-corrected chi connectivity index (χ1v) is 3.51. The molecule has 0 spiro atoms. The molecule has 11 heavy (non-hydrogen) atoms. The van der Waals surface area contributed by atoms with Gasteiger partial charge < -0.3 is 6.92 Å². The number of hydrogen-bond donors (Lipinski definition) is 0. The fourth-order valence-corrected chi connectivity index (χ4v) is 0.889. The van der Waals surface area contributed by atoms with Crippen LogP contribution in [-0.4, -0.2) is 0 Å². The monoisotopic (exact) mass is 184 g/mol. The van der Waals surface area contributed by atoms with Crippen molar-refractivity contribution < 1.29 is 18.6 Å². The van der Waals surface area contributed by atoms with Crippen molar-refractivity contribution >= 4 is 0 Å². The van der Waals surface area contributed by atoms with Crippen molar-refractivity contribution in [3.63, 3.8) is 0 Å². The zero-order valence-corrected chi connectivity index (χ0v) is 8.44. The van der Waals surface area contributed by atoms with Crippen LogP contribution in [0.4, 0.5) is 0 Å². The molecule has 1 aromatic carbocycles. The summed E-state index contributed by atoms with van der Waals surface area (Å²) in [5.74, 6) is 0. The summed E-state index contributed by atoms with van der Waals surface area (Å²) in [6.07, 6.45) is 0. The summed E-state index contributed by atoms with van der Waals surface area (Å²) in [5, 5.41) is 0. The molecule has 0 aliphatic rings. The van der Waals surface area contributed by atoms with Gasteiger partial charge in [-0.25, -0.2) is 0 Å². The first-order valence-electron chi connectivity index (χ1n) is 3.51. The molecule has 0 saturated heterocycles. The molecule has 1 heteroatoms. The summed E-state index contributed by atoms with van der Waals surface area (Å²) in [6, 6.07) is 10.3. The maximum Gasteiger partial charge on any atom is 0 e. The number of benzene rings is 1. The molecule has 59 valence electrons. The molecule has 0 nitrogen and oxygen atoms in total. The topological polar surface area (TPSA) is 0 Å². The third kappa shape index (κ3) is 3.13. The van der Waals surface area contributed by atoms with Crippen LogP contribution in [0.25, 0.3) is 0 Å². The van der Waals surface area contributed by atoms with E-state index in [9.17, 15) is 0 Å². The van der Waals surface area contributed by atoms with Gasteiger partial charge in [0.1, 0.15) is 0 Å². The van der Waals surface area contributed by atoms with Crippen LogP contribution in [0.15, 0.2) is 30.3 Å². The van der Waals surface area contributed by atoms with E-state index in [1.165, 1.54) is 5.56 Å². The van der Waals surface area contributed by atoms with Gasteiger partial charge in [0.2, 0.25) is 0 Å². The Morgan fingerprint density at radius 1 is 1.09 bits per heavy atom. The van der Waals surface area contributed by atoms with Crippen molar-refractivity contribution in [2.75, 3.05) is 0 Å². The predicted molar refractivity (Wildman–Crippen MR) is 44.8 cm³/mol. The maximum atomic E-state index is 4.04. The van der Waals surface area contributed by atoms with E-state index in [0.29, 0.717) is 0 Å². The van der Waals surface area contributed by atoms with E-state index < -0.39 is 0 Å². The molecule has 0 N–H and O–H groups in total. The van der Waals surface area contributed by atoms with E-state index in [-0.39, 0.29) is 24.0 Å².